The van der Waals surface area contributed by atoms with Crippen LogP contribution in [0, 0.1) is 0 Å². The minimum atomic E-state index is -0.456. The number of carbonyl (C=O) groups excluding carboxylic acids is 1. The fraction of sp³-hybridized carbons (Fsp3) is 0.312. The summed E-state index contributed by atoms with van der Waals surface area (Å²) in [7, 11) is 1.35. The number of aromatic nitrogens is 2. The number of benzene rings is 1. The topological polar surface area (TPSA) is 55.3 Å². The van der Waals surface area contributed by atoms with Gasteiger partial charge in [-0.1, -0.05) is 24.3 Å². The second-order valence-corrected chi connectivity index (χ2v) is 5.01. The van der Waals surface area contributed by atoms with Crippen molar-refractivity contribution >= 4 is 11.8 Å². The highest BCUT2D eigenvalue weighted by Crippen LogP contribution is 2.19. The summed E-state index contributed by atoms with van der Waals surface area (Å²) in [6.45, 7) is 1.74. The first-order valence-electron chi connectivity index (χ1n) is 7.00. The van der Waals surface area contributed by atoms with Gasteiger partial charge in [0.25, 0.3) is 0 Å². The smallest absolute Gasteiger partial charge is 0.358 e. The van der Waals surface area contributed by atoms with E-state index >= 15 is 0 Å². The molecule has 1 aromatic heterocycles. The van der Waals surface area contributed by atoms with Gasteiger partial charge in [0.15, 0.2) is 5.69 Å². The molecule has 0 saturated carbocycles. The molecular weight excluding hydrogens is 266 g/mol. The van der Waals surface area contributed by atoms with Gasteiger partial charge in [0.05, 0.1) is 19.5 Å². The van der Waals surface area contributed by atoms with Gasteiger partial charge in [-0.2, -0.15) is 0 Å². The highest BCUT2D eigenvalue weighted by Gasteiger charge is 2.17. The van der Waals surface area contributed by atoms with E-state index in [0.717, 1.165) is 31.7 Å². The maximum Gasteiger partial charge on any atom is 0.358 e. The van der Waals surface area contributed by atoms with Gasteiger partial charge < -0.3 is 9.64 Å². The number of anilines is 1. The van der Waals surface area contributed by atoms with Crippen LogP contribution in [0.1, 0.15) is 21.6 Å². The minimum Gasteiger partial charge on any atom is -0.464 e. The van der Waals surface area contributed by atoms with Crippen molar-refractivity contribution in [3.05, 3.63) is 53.5 Å². The van der Waals surface area contributed by atoms with Crippen LogP contribution in [-0.2, 0) is 17.6 Å². The molecule has 0 spiro atoms. The van der Waals surface area contributed by atoms with E-state index in [-0.39, 0.29) is 5.69 Å². The van der Waals surface area contributed by atoms with E-state index < -0.39 is 5.97 Å². The van der Waals surface area contributed by atoms with Gasteiger partial charge in [-0.25, -0.2) is 9.78 Å². The molecule has 0 amide bonds. The summed E-state index contributed by atoms with van der Waals surface area (Å²) in [5.41, 5.74) is 3.02. The Morgan fingerprint density at radius 3 is 2.43 bits per heavy atom. The number of carbonyl (C=O) groups is 1. The van der Waals surface area contributed by atoms with Gasteiger partial charge in [0.2, 0.25) is 0 Å². The number of esters is 1. The third-order valence-electron chi connectivity index (χ3n) is 3.76. The molecule has 0 N–H and O–H groups in total. The molecular formula is C16H17N3O2. The van der Waals surface area contributed by atoms with E-state index in [4.69, 9.17) is 4.74 Å². The van der Waals surface area contributed by atoms with Gasteiger partial charge in [-0.15, -0.1) is 0 Å². The third-order valence-corrected chi connectivity index (χ3v) is 3.76. The Hall–Kier alpha value is -2.43. The Kier molecular flexibility index (Phi) is 3.81. The zero-order chi connectivity index (χ0) is 14.7. The van der Waals surface area contributed by atoms with Gasteiger partial charge in [0, 0.05) is 13.1 Å². The molecule has 0 radical (unpaired) electrons. The molecule has 1 aliphatic heterocycles. The lowest BCUT2D eigenvalue weighted by atomic mass is 10.0. The fourth-order valence-corrected chi connectivity index (χ4v) is 2.61. The molecule has 0 saturated heterocycles. The first kappa shape index (κ1) is 13.5. The first-order chi connectivity index (χ1) is 10.3. The van der Waals surface area contributed by atoms with Crippen molar-refractivity contribution in [3.63, 3.8) is 0 Å². The second kappa shape index (κ2) is 5.91. The van der Waals surface area contributed by atoms with Crippen LogP contribution in [0.25, 0.3) is 0 Å². The molecule has 108 valence electrons. The van der Waals surface area contributed by atoms with Gasteiger partial charge >= 0.3 is 5.97 Å². The van der Waals surface area contributed by atoms with Crippen LogP contribution in [0.4, 0.5) is 5.82 Å². The van der Waals surface area contributed by atoms with Crippen molar-refractivity contribution < 1.29 is 9.53 Å². The van der Waals surface area contributed by atoms with E-state index in [9.17, 15) is 4.79 Å². The van der Waals surface area contributed by atoms with E-state index in [0.29, 0.717) is 0 Å². The van der Waals surface area contributed by atoms with E-state index in [1.54, 1.807) is 6.20 Å². The Bertz CT molecular complexity index is 630. The zero-order valence-corrected chi connectivity index (χ0v) is 12.0. The van der Waals surface area contributed by atoms with Crippen molar-refractivity contribution in [2.75, 3.05) is 25.1 Å². The van der Waals surface area contributed by atoms with Crippen molar-refractivity contribution in [1.82, 2.24) is 9.97 Å². The predicted octanol–water partition coefficient (Wildman–Crippen LogP) is 1.87. The van der Waals surface area contributed by atoms with Crippen LogP contribution >= 0.6 is 0 Å². The number of ether oxygens (including phenoxy) is 1. The summed E-state index contributed by atoms with van der Waals surface area (Å²) in [5, 5.41) is 0. The molecule has 1 aromatic carbocycles. The van der Waals surface area contributed by atoms with Crippen molar-refractivity contribution in [3.8, 4) is 0 Å². The summed E-state index contributed by atoms with van der Waals surface area (Å²) in [4.78, 5) is 22.2. The van der Waals surface area contributed by atoms with Crippen LogP contribution in [0.3, 0.4) is 0 Å². The summed E-state index contributed by atoms with van der Waals surface area (Å²) in [6.07, 6.45) is 5.07. The molecule has 0 aliphatic carbocycles. The normalized spacial score (nSPS) is 14.2. The maximum absolute atomic E-state index is 11.6. The summed E-state index contributed by atoms with van der Waals surface area (Å²) in [6, 6.07) is 8.50. The minimum absolute atomic E-state index is 0.247. The number of hydrogen-bond donors (Lipinski definition) is 0. The lowest BCUT2D eigenvalue weighted by molar-refractivity contribution is 0.0593. The lowest BCUT2D eigenvalue weighted by Gasteiger charge is -2.21. The SMILES string of the molecule is COC(=O)c1cncc(N2CCc3ccccc3CC2)n1. The van der Waals surface area contributed by atoms with Crippen LogP contribution < -0.4 is 4.90 Å². The van der Waals surface area contributed by atoms with Crippen LogP contribution in [0.5, 0.6) is 0 Å². The van der Waals surface area contributed by atoms with Crippen molar-refractivity contribution in [1.29, 1.82) is 0 Å². The Morgan fingerprint density at radius 1 is 1.14 bits per heavy atom. The summed E-state index contributed by atoms with van der Waals surface area (Å²) in [5.74, 6) is 0.271. The Labute approximate surface area is 123 Å². The van der Waals surface area contributed by atoms with E-state index in [1.807, 2.05) is 0 Å². The molecule has 2 heterocycles. The molecule has 0 fully saturated rings. The molecule has 2 aromatic rings. The lowest BCUT2D eigenvalue weighted by Crippen LogP contribution is -2.27. The number of hydrogen-bond acceptors (Lipinski definition) is 5. The van der Waals surface area contributed by atoms with Crippen LogP contribution in [0.15, 0.2) is 36.7 Å². The number of rotatable bonds is 2. The molecule has 0 unspecified atom stereocenters. The molecule has 5 nitrogen and oxygen atoms in total. The third kappa shape index (κ3) is 2.86. The van der Waals surface area contributed by atoms with Crippen LogP contribution in [0.2, 0.25) is 0 Å². The molecule has 3 rings (SSSR count). The fourth-order valence-electron chi connectivity index (χ4n) is 2.61. The highest BCUT2D eigenvalue weighted by molar-refractivity contribution is 5.87. The quantitative estimate of drug-likeness (QED) is 0.788. The summed E-state index contributed by atoms with van der Waals surface area (Å²) >= 11 is 0. The maximum atomic E-state index is 11.6. The largest absolute Gasteiger partial charge is 0.464 e. The zero-order valence-electron chi connectivity index (χ0n) is 12.0. The van der Waals surface area contributed by atoms with Crippen molar-refractivity contribution in [2.45, 2.75) is 12.8 Å². The first-order valence-corrected chi connectivity index (χ1v) is 7.00. The predicted molar refractivity (Wildman–Crippen MR) is 79.4 cm³/mol. The Morgan fingerprint density at radius 2 is 1.81 bits per heavy atom. The molecule has 1 aliphatic rings. The van der Waals surface area contributed by atoms with Gasteiger partial charge in [-0.3, -0.25) is 4.98 Å². The molecule has 0 bridgehead atoms. The van der Waals surface area contributed by atoms with E-state index in [1.165, 1.54) is 24.4 Å². The number of fused-ring (bicyclic) bond motifs is 1. The highest BCUT2D eigenvalue weighted by atomic mass is 16.5. The summed E-state index contributed by atoms with van der Waals surface area (Å²) < 4.78 is 4.69. The van der Waals surface area contributed by atoms with Gasteiger partial charge in [0.1, 0.15) is 5.82 Å². The monoisotopic (exact) mass is 283 g/mol. The number of methoxy groups -OCH3 is 1. The molecule has 5 heteroatoms. The average molecular weight is 283 g/mol. The second-order valence-electron chi connectivity index (χ2n) is 5.01. The van der Waals surface area contributed by atoms with Crippen molar-refractivity contribution in [2.24, 2.45) is 0 Å². The molecule has 21 heavy (non-hydrogen) atoms. The molecule has 0 atom stereocenters. The average Bonchev–Trinajstić information content (AvgIpc) is 2.77. The standard InChI is InChI=1S/C16H17N3O2/c1-21-16(20)14-10-17-11-15(18-14)19-8-6-12-4-2-3-5-13(12)7-9-19/h2-5,10-11H,6-9H2,1H3. The Balaban J connectivity index is 1.81. The van der Waals surface area contributed by atoms with E-state index in [2.05, 4.69) is 39.1 Å². The van der Waals surface area contributed by atoms with Gasteiger partial charge in [-0.05, 0) is 24.0 Å². The van der Waals surface area contributed by atoms with Crippen LogP contribution in [-0.4, -0.2) is 36.1 Å². The number of nitrogens with zero attached hydrogens (tertiary/aromatic N) is 3.